The van der Waals surface area contributed by atoms with Crippen molar-refractivity contribution in [1.29, 1.82) is 0 Å². The lowest BCUT2D eigenvalue weighted by Crippen LogP contribution is -2.45. The minimum atomic E-state index is -0.831. The molecular formula is C18H17N3O3S. The van der Waals surface area contributed by atoms with E-state index in [1.807, 2.05) is 31.2 Å². The molecule has 6 nitrogen and oxygen atoms in total. The number of aryl methyl sites for hydroxylation is 1. The van der Waals surface area contributed by atoms with Gasteiger partial charge in [-0.05, 0) is 48.5 Å². The fourth-order valence-electron chi connectivity index (χ4n) is 2.69. The lowest BCUT2D eigenvalue weighted by atomic mass is 10.2. The minimum Gasteiger partial charge on any atom is -0.368 e. The number of benzene rings is 2. The molecule has 3 rings (SSSR count). The van der Waals surface area contributed by atoms with Gasteiger partial charge in [-0.25, -0.2) is 4.90 Å². The van der Waals surface area contributed by atoms with Crippen LogP contribution in [-0.2, 0) is 9.59 Å². The number of rotatable bonds is 5. The maximum absolute atomic E-state index is 12.9. The zero-order valence-corrected chi connectivity index (χ0v) is 14.4. The molecule has 1 saturated heterocycles. The number of amides is 3. The molecule has 0 saturated carbocycles. The summed E-state index contributed by atoms with van der Waals surface area (Å²) >= 11 is 0.883. The Balaban J connectivity index is 1.95. The van der Waals surface area contributed by atoms with Crippen molar-refractivity contribution >= 4 is 40.2 Å². The van der Waals surface area contributed by atoms with Crippen molar-refractivity contribution in [2.45, 2.75) is 12.3 Å². The van der Waals surface area contributed by atoms with Crippen molar-refractivity contribution in [3.8, 4) is 0 Å². The zero-order chi connectivity index (χ0) is 18.0. The molecular weight excluding hydrogens is 338 g/mol. The summed E-state index contributed by atoms with van der Waals surface area (Å²) in [7, 11) is 0. The molecule has 128 valence electrons. The summed E-state index contributed by atoms with van der Waals surface area (Å²) in [5, 5.41) is -1.20. The van der Waals surface area contributed by atoms with Crippen molar-refractivity contribution in [3.63, 3.8) is 0 Å². The van der Waals surface area contributed by atoms with E-state index in [1.54, 1.807) is 35.2 Å². The highest BCUT2D eigenvalue weighted by Crippen LogP contribution is 2.35. The van der Waals surface area contributed by atoms with Crippen LogP contribution in [-0.4, -0.2) is 29.0 Å². The van der Waals surface area contributed by atoms with E-state index in [1.165, 1.54) is 0 Å². The van der Waals surface area contributed by atoms with Crippen LogP contribution in [0.3, 0.4) is 0 Å². The number of carbonyl (C=O) groups is 3. The van der Waals surface area contributed by atoms with E-state index in [0.29, 0.717) is 11.4 Å². The first-order valence-electron chi connectivity index (χ1n) is 7.68. The van der Waals surface area contributed by atoms with Crippen LogP contribution in [0.1, 0.15) is 5.56 Å². The van der Waals surface area contributed by atoms with Gasteiger partial charge in [0.05, 0.1) is 12.2 Å². The molecule has 1 heterocycles. The Hall–Kier alpha value is -2.80. The number of primary amides is 1. The first-order chi connectivity index (χ1) is 12.0. The van der Waals surface area contributed by atoms with Crippen molar-refractivity contribution in [2.24, 2.45) is 5.73 Å². The monoisotopic (exact) mass is 355 g/mol. The molecule has 1 unspecified atom stereocenters. The van der Waals surface area contributed by atoms with Gasteiger partial charge >= 0.3 is 0 Å². The normalized spacial score (nSPS) is 17.0. The van der Waals surface area contributed by atoms with Crippen molar-refractivity contribution < 1.29 is 14.4 Å². The second kappa shape index (κ2) is 6.98. The Morgan fingerprint density at radius 2 is 1.88 bits per heavy atom. The number of carbonyl (C=O) groups excluding carboxylic acids is 3. The maximum Gasteiger partial charge on any atom is 0.295 e. The van der Waals surface area contributed by atoms with Crippen LogP contribution in [0.2, 0.25) is 0 Å². The van der Waals surface area contributed by atoms with Gasteiger partial charge in [0.1, 0.15) is 0 Å². The maximum atomic E-state index is 12.9. The van der Waals surface area contributed by atoms with Gasteiger partial charge in [-0.15, -0.1) is 0 Å². The van der Waals surface area contributed by atoms with Gasteiger partial charge in [-0.1, -0.05) is 30.3 Å². The molecule has 0 aromatic heterocycles. The molecule has 0 bridgehead atoms. The second-order valence-electron chi connectivity index (χ2n) is 5.68. The number of hydrogen-bond donors (Lipinski definition) is 1. The molecule has 25 heavy (non-hydrogen) atoms. The van der Waals surface area contributed by atoms with E-state index in [0.717, 1.165) is 22.2 Å². The van der Waals surface area contributed by atoms with Crippen LogP contribution < -0.4 is 15.5 Å². The zero-order valence-electron chi connectivity index (χ0n) is 13.6. The lowest BCUT2D eigenvalue weighted by molar-refractivity contribution is -0.117. The van der Waals surface area contributed by atoms with Gasteiger partial charge in [0, 0.05) is 5.69 Å². The Bertz CT molecular complexity index is 825. The topological polar surface area (TPSA) is 83.7 Å². The number of imide groups is 1. The predicted molar refractivity (Wildman–Crippen MR) is 98.4 cm³/mol. The predicted octanol–water partition coefficient (Wildman–Crippen LogP) is 2.51. The standard InChI is InChI=1S/C18H17N3O3S/c1-12-6-5-9-14(10-12)20(11-15(19)22)17-16(23)21(18(24)25-17)13-7-3-2-4-8-13/h2-10,17H,11H2,1H3,(H2,19,22). The first kappa shape index (κ1) is 17.0. The highest BCUT2D eigenvalue weighted by atomic mass is 32.2. The lowest BCUT2D eigenvalue weighted by Gasteiger charge is -2.27. The number of anilines is 2. The second-order valence-corrected chi connectivity index (χ2v) is 6.71. The van der Waals surface area contributed by atoms with Crippen LogP contribution in [0.5, 0.6) is 0 Å². The summed E-state index contributed by atoms with van der Waals surface area (Å²) < 4.78 is 0. The third-order valence-corrected chi connectivity index (χ3v) is 4.85. The average molecular weight is 355 g/mol. The summed E-state index contributed by atoms with van der Waals surface area (Å²) in [5.41, 5.74) is 7.53. The van der Waals surface area contributed by atoms with Crippen LogP contribution in [0.4, 0.5) is 16.2 Å². The summed E-state index contributed by atoms with van der Waals surface area (Å²) in [4.78, 5) is 39.5. The van der Waals surface area contributed by atoms with Gasteiger partial charge in [0.25, 0.3) is 11.1 Å². The Labute approximate surface area is 149 Å². The molecule has 1 atom stereocenters. The van der Waals surface area contributed by atoms with Crippen molar-refractivity contribution in [3.05, 3.63) is 60.2 Å². The van der Waals surface area contributed by atoms with Crippen LogP contribution in [0, 0.1) is 6.92 Å². The Kier molecular flexibility index (Phi) is 4.76. The largest absolute Gasteiger partial charge is 0.368 e. The molecule has 7 heteroatoms. The SMILES string of the molecule is Cc1cccc(N(CC(N)=O)C2SC(=O)N(c3ccccc3)C2=O)c1. The van der Waals surface area contributed by atoms with Gasteiger partial charge in [-0.3, -0.25) is 14.4 Å². The highest BCUT2D eigenvalue weighted by molar-refractivity contribution is 8.16. The van der Waals surface area contributed by atoms with Gasteiger partial charge in [0.2, 0.25) is 5.91 Å². The smallest absolute Gasteiger partial charge is 0.295 e. The third-order valence-electron chi connectivity index (χ3n) is 3.78. The number of thioether (sulfide) groups is 1. The molecule has 1 fully saturated rings. The molecule has 1 aliphatic heterocycles. The van der Waals surface area contributed by atoms with E-state index < -0.39 is 11.3 Å². The van der Waals surface area contributed by atoms with Crippen LogP contribution >= 0.6 is 11.8 Å². The van der Waals surface area contributed by atoms with E-state index in [2.05, 4.69) is 0 Å². The number of hydrogen-bond acceptors (Lipinski definition) is 5. The van der Waals surface area contributed by atoms with Gasteiger partial charge in [-0.2, -0.15) is 0 Å². The average Bonchev–Trinajstić information content (AvgIpc) is 2.87. The third kappa shape index (κ3) is 3.51. The number of nitrogens with zero attached hydrogens (tertiary/aromatic N) is 2. The quantitative estimate of drug-likeness (QED) is 0.891. The van der Waals surface area contributed by atoms with Crippen LogP contribution in [0.25, 0.3) is 0 Å². The fraction of sp³-hybridized carbons (Fsp3) is 0.167. The van der Waals surface area contributed by atoms with Gasteiger partial charge < -0.3 is 10.6 Å². The summed E-state index contributed by atoms with van der Waals surface area (Å²) in [6.07, 6.45) is 0. The van der Waals surface area contributed by atoms with Crippen LogP contribution in [0.15, 0.2) is 54.6 Å². The number of nitrogens with two attached hydrogens (primary N) is 1. The summed E-state index contributed by atoms with van der Waals surface area (Å²) in [5.74, 6) is -0.954. The van der Waals surface area contributed by atoms with E-state index in [4.69, 9.17) is 5.73 Å². The molecule has 2 aromatic rings. The van der Waals surface area contributed by atoms with E-state index >= 15 is 0 Å². The van der Waals surface area contributed by atoms with E-state index in [-0.39, 0.29) is 17.7 Å². The van der Waals surface area contributed by atoms with Crippen molar-refractivity contribution in [1.82, 2.24) is 0 Å². The highest BCUT2D eigenvalue weighted by Gasteiger charge is 2.44. The molecule has 0 spiro atoms. The Morgan fingerprint density at radius 3 is 2.52 bits per heavy atom. The molecule has 3 amide bonds. The molecule has 1 aliphatic rings. The van der Waals surface area contributed by atoms with Crippen molar-refractivity contribution in [2.75, 3.05) is 16.3 Å². The summed E-state index contributed by atoms with van der Waals surface area (Å²) in [6, 6.07) is 16.1. The molecule has 2 aromatic carbocycles. The summed E-state index contributed by atoms with van der Waals surface area (Å²) in [6.45, 7) is 1.76. The minimum absolute atomic E-state index is 0.150. The van der Waals surface area contributed by atoms with E-state index in [9.17, 15) is 14.4 Å². The molecule has 2 N–H and O–H groups in total. The first-order valence-corrected chi connectivity index (χ1v) is 8.56. The molecule has 0 aliphatic carbocycles. The number of para-hydroxylation sites is 1. The van der Waals surface area contributed by atoms with Gasteiger partial charge in [0.15, 0.2) is 5.37 Å². The molecule has 0 radical (unpaired) electrons. The fourth-order valence-corrected chi connectivity index (χ4v) is 3.71. The Morgan fingerprint density at radius 1 is 1.16 bits per heavy atom.